The third-order valence-electron chi connectivity index (χ3n) is 4.76. The van der Waals surface area contributed by atoms with E-state index < -0.39 is 10.8 Å². The average Bonchev–Trinajstić information content (AvgIpc) is 2.68. The number of nitrogens with one attached hydrogen (secondary N) is 1. The van der Waals surface area contributed by atoms with Crippen molar-refractivity contribution in [3.05, 3.63) is 52.2 Å². The van der Waals surface area contributed by atoms with E-state index in [0.29, 0.717) is 23.2 Å². The molecule has 1 aromatic carbocycles. The Morgan fingerprint density at radius 1 is 1.30 bits per heavy atom. The van der Waals surface area contributed by atoms with Gasteiger partial charge in [-0.15, -0.1) is 0 Å². The lowest BCUT2D eigenvalue weighted by Crippen LogP contribution is -2.34. The zero-order valence-corrected chi connectivity index (χ0v) is 15.3. The van der Waals surface area contributed by atoms with Crippen molar-refractivity contribution in [3.63, 3.8) is 0 Å². The highest BCUT2D eigenvalue weighted by Crippen LogP contribution is 2.30. The maximum Gasteiger partial charge on any atom is 0.270 e. The van der Waals surface area contributed by atoms with Crippen molar-refractivity contribution >= 4 is 23.0 Å². The van der Waals surface area contributed by atoms with Gasteiger partial charge in [0.15, 0.2) is 0 Å². The Morgan fingerprint density at radius 2 is 2.04 bits per heavy atom. The van der Waals surface area contributed by atoms with Crippen LogP contribution in [0.25, 0.3) is 0 Å². The minimum absolute atomic E-state index is 0.109. The van der Waals surface area contributed by atoms with Crippen molar-refractivity contribution in [1.29, 1.82) is 0 Å². The summed E-state index contributed by atoms with van der Waals surface area (Å²) >= 11 is 0. The first-order valence-corrected chi connectivity index (χ1v) is 8.82. The standard InChI is InChI=1S/C19H22N4O4/c1-13-7-9-22(10-8-13)17-5-4-15(23(25)26)11-16(17)19(24)21-14-3-6-18(27-2)20-12-14/h3-6,11-13H,7-10H2,1-2H3,(H,21,24). The summed E-state index contributed by atoms with van der Waals surface area (Å²) in [6.45, 7) is 3.85. The molecule has 1 aliphatic rings. The van der Waals surface area contributed by atoms with Crippen LogP contribution >= 0.6 is 0 Å². The summed E-state index contributed by atoms with van der Waals surface area (Å²) in [4.78, 5) is 29.7. The Hall–Kier alpha value is -3.16. The van der Waals surface area contributed by atoms with E-state index in [1.165, 1.54) is 25.4 Å². The van der Waals surface area contributed by atoms with Crippen LogP contribution in [-0.4, -0.2) is 36.0 Å². The van der Waals surface area contributed by atoms with Crippen molar-refractivity contribution in [3.8, 4) is 5.88 Å². The molecule has 0 atom stereocenters. The van der Waals surface area contributed by atoms with E-state index >= 15 is 0 Å². The number of carbonyl (C=O) groups excluding carboxylic acids is 1. The van der Waals surface area contributed by atoms with E-state index in [9.17, 15) is 14.9 Å². The predicted molar refractivity (Wildman–Crippen MR) is 102 cm³/mol. The van der Waals surface area contributed by atoms with Crippen molar-refractivity contribution < 1.29 is 14.5 Å². The summed E-state index contributed by atoms with van der Waals surface area (Å²) in [5.41, 5.74) is 1.38. The van der Waals surface area contributed by atoms with Gasteiger partial charge in [-0.25, -0.2) is 4.98 Å². The third-order valence-corrected chi connectivity index (χ3v) is 4.76. The van der Waals surface area contributed by atoms with Gasteiger partial charge in [0.25, 0.3) is 11.6 Å². The van der Waals surface area contributed by atoms with E-state index in [4.69, 9.17) is 4.74 Å². The zero-order valence-electron chi connectivity index (χ0n) is 15.3. The number of methoxy groups -OCH3 is 1. The lowest BCUT2D eigenvalue weighted by atomic mass is 9.98. The maximum atomic E-state index is 12.9. The number of aromatic nitrogens is 1. The van der Waals surface area contributed by atoms with Gasteiger partial charge in [-0.05, 0) is 30.9 Å². The van der Waals surface area contributed by atoms with Gasteiger partial charge in [-0.3, -0.25) is 14.9 Å². The van der Waals surface area contributed by atoms with E-state index in [0.717, 1.165) is 25.9 Å². The minimum Gasteiger partial charge on any atom is -0.481 e. The first-order chi connectivity index (χ1) is 13.0. The molecule has 0 unspecified atom stereocenters. The number of pyridine rings is 1. The highest BCUT2D eigenvalue weighted by Gasteiger charge is 2.23. The van der Waals surface area contributed by atoms with Crippen LogP contribution in [0.2, 0.25) is 0 Å². The molecule has 2 aromatic rings. The number of carbonyl (C=O) groups is 1. The van der Waals surface area contributed by atoms with Crippen molar-refractivity contribution in [2.24, 2.45) is 5.92 Å². The molecule has 0 radical (unpaired) electrons. The Bertz CT molecular complexity index is 830. The second kappa shape index (κ2) is 8.03. The third kappa shape index (κ3) is 4.33. The number of benzene rings is 1. The summed E-state index contributed by atoms with van der Waals surface area (Å²) in [5, 5.41) is 13.9. The molecule has 27 heavy (non-hydrogen) atoms. The normalized spacial score (nSPS) is 14.7. The summed E-state index contributed by atoms with van der Waals surface area (Å²) in [5.74, 6) is 0.674. The molecule has 0 bridgehead atoms. The fourth-order valence-electron chi connectivity index (χ4n) is 3.12. The Morgan fingerprint density at radius 3 is 2.63 bits per heavy atom. The molecule has 0 aliphatic carbocycles. The van der Waals surface area contributed by atoms with Crippen molar-refractivity contribution in [2.45, 2.75) is 19.8 Å². The van der Waals surface area contributed by atoms with E-state index in [-0.39, 0.29) is 11.3 Å². The molecule has 8 heteroatoms. The lowest BCUT2D eigenvalue weighted by Gasteiger charge is -2.33. The summed E-state index contributed by atoms with van der Waals surface area (Å²) in [6.07, 6.45) is 3.54. The maximum absolute atomic E-state index is 12.9. The molecule has 1 N–H and O–H groups in total. The number of non-ortho nitro benzene ring substituents is 1. The van der Waals surface area contributed by atoms with Crippen molar-refractivity contribution in [1.82, 2.24) is 4.98 Å². The van der Waals surface area contributed by atoms with Gasteiger partial charge in [0, 0.05) is 31.3 Å². The van der Waals surface area contributed by atoms with Gasteiger partial charge >= 0.3 is 0 Å². The number of piperidine rings is 1. The smallest absolute Gasteiger partial charge is 0.270 e. The molecule has 8 nitrogen and oxygen atoms in total. The molecule has 1 fully saturated rings. The number of rotatable bonds is 5. The quantitative estimate of drug-likeness (QED) is 0.639. The number of hydrogen-bond acceptors (Lipinski definition) is 6. The van der Waals surface area contributed by atoms with Gasteiger partial charge in [-0.2, -0.15) is 0 Å². The van der Waals surface area contributed by atoms with Crippen LogP contribution in [0.3, 0.4) is 0 Å². The van der Waals surface area contributed by atoms with E-state index in [1.807, 2.05) is 0 Å². The van der Waals surface area contributed by atoms with Gasteiger partial charge in [0.2, 0.25) is 5.88 Å². The van der Waals surface area contributed by atoms with Crippen LogP contribution in [-0.2, 0) is 0 Å². The fourth-order valence-corrected chi connectivity index (χ4v) is 3.12. The van der Waals surface area contributed by atoms with Gasteiger partial charge < -0.3 is 15.0 Å². The van der Waals surface area contributed by atoms with Crippen LogP contribution in [0.5, 0.6) is 5.88 Å². The van der Waals surface area contributed by atoms with Gasteiger partial charge in [-0.1, -0.05) is 6.92 Å². The number of anilines is 2. The highest BCUT2D eigenvalue weighted by atomic mass is 16.6. The number of ether oxygens (including phenoxy) is 1. The molecule has 142 valence electrons. The summed E-state index contributed by atoms with van der Waals surface area (Å²) < 4.78 is 5.00. The topological polar surface area (TPSA) is 97.6 Å². The van der Waals surface area contributed by atoms with Gasteiger partial charge in [0.05, 0.1) is 35.2 Å². The number of nitrogens with zero attached hydrogens (tertiary/aromatic N) is 3. The first kappa shape index (κ1) is 18.6. The fraction of sp³-hybridized carbons (Fsp3) is 0.368. The van der Waals surface area contributed by atoms with Crippen LogP contribution < -0.4 is 15.0 Å². The van der Waals surface area contributed by atoms with Crippen LogP contribution in [0.4, 0.5) is 17.1 Å². The molecule has 0 spiro atoms. The monoisotopic (exact) mass is 370 g/mol. The number of hydrogen-bond donors (Lipinski definition) is 1. The number of amides is 1. The zero-order chi connectivity index (χ0) is 19.4. The molecule has 3 rings (SSSR count). The predicted octanol–water partition coefficient (Wildman–Crippen LogP) is 3.49. The SMILES string of the molecule is COc1ccc(NC(=O)c2cc([N+](=O)[O-])ccc2N2CCC(C)CC2)cn1. The summed E-state index contributed by atoms with van der Waals surface area (Å²) in [6, 6.07) is 7.74. The Kier molecular flexibility index (Phi) is 5.54. The minimum atomic E-state index is -0.492. The molecule has 1 saturated heterocycles. The lowest BCUT2D eigenvalue weighted by molar-refractivity contribution is -0.384. The van der Waals surface area contributed by atoms with Crippen LogP contribution in [0.15, 0.2) is 36.5 Å². The first-order valence-electron chi connectivity index (χ1n) is 8.82. The summed E-state index contributed by atoms with van der Waals surface area (Å²) in [7, 11) is 1.51. The Balaban J connectivity index is 1.89. The highest BCUT2D eigenvalue weighted by molar-refractivity contribution is 6.08. The number of nitro benzene ring substituents is 1. The van der Waals surface area contributed by atoms with E-state index in [1.54, 1.807) is 18.2 Å². The number of nitro groups is 1. The van der Waals surface area contributed by atoms with Gasteiger partial charge in [0.1, 0.15) is 0 Å². The van der Waals surface area contributed by atoms with E-state index in [2.05, 4.69) is 22.1 Å². The molecular formula is C19H22N4O4. The molecule has 1 aliphatic heterocycles. The Labute approximate surface area is 157 Å². The second-order valence-corrected chi connectivity index (χ2v) is 6.67. The largest absolute Gasteiger partial charge is 0.481 e. The molecule has 1 aromatic heterocycles. The van der Waals surface area contributed by atoms with Crippen LogP contribution in [0, 0.1) is 16.0 Å². The van der Waals surface area contributed by atoms with Crippen LogP contribution in [0.1, 0.15) is 30.1 Å². The molecule has 1 amide bonds. The van der Waals surface area contributed by atoms with Crippen molar-refractivity contribution in [2.75, 3.05) is 30.4 Å². The molecular weight excluding hydrogens is 348 g/mol. The molecule has 0 saturated carbocycles. The average molecular weight is 370 g/mol. The second-order valence-electron chi connectivity index (χ2n) is 6.67. The molecule has 2 heterocycles.